The first-order valence-electron chi connectivity index (χ1n) is 4.18. The number of rotatable bonds is 4. The lowest BCUT2D eigenvalue weighted by atomic mass is 10.2. The predicted molar refractivity (Wildman–Crippen MR) is 62.6 cm³/mol. The Morgan fingerprint density at radius 1 is 1.67 bits per heavy atom. The molecule has 1 N–H and O–H groups in total. The van der Waals surface area contributed by atoms with E-state index >= 15 is 0 Å². The lowest BCUT2D eigenvalue weighted by Gasteiger charge is -2.05. The van der Waals surface area contributed by atoms with Gasteiger partial charge in [0.1, 0.15) is 4.60 Å². The standard InChI is InChI=1S/C9H11BrN2O2S/c1-3-15(13,14)12-6-8-4-7(2)5-11-9(8)10/h3-5,12H,1,6H2,2H3. The summed E-state index contributed by atoms with van der Waals surface area (Å²) in [4.78, 5) is 4.06. The van der Waals surface area contributed by atoms with Gasteiger partial charge >= 0.3 is 0 Å². The molecule has 0 aliphatic carbocycles. The molecule has 0 aliphatic rings. The molecule has 0 atom stereocenters. The topological polar surface area (TPSA) is 59.1 Å². The highest BCUT2D eigenvalue weighted by molar-refractivity contribution is 9.10. The van der Waals surface area contributed by atoms with E-state index in [0.29, 0.717) is 4.60 Å². The summed E-state index contributed by atoms with van der Waals surface area (Å²) >= 11 is 3.25. The van der Waals surface area contributed by atoms with Gasteiger partial charge in [-0.2, -0.15) is 0 Å². The summed E-state index contributed by atoms with van der Waals surface area (Å²) in [6.45, 7) is 5.30. The van der Waals surface area contributed by atoms with E-state index in [-0.39, 0.29) is 6.54 Å². The second kappa shape index (κ2) is 4.87. The van der Waals surface area contributed by atoms with E-state index in [4.69, 9.17) is 0 Å². The van der Waals surface area contributed by atoms with Crippen LogP contribution in [0.2, 0.25) is 0 Å². The maximum Gasteiger partial charge on any atom is 0.233 e. The Hall–Kier alpha value is -0.720. The molecule has 1 aromatic heterocycles. The van der Waals surface area contributed by atoms with E-state index in [0.717, 1.165) is 16.5 Å². The van der Waals surface area contributed by atoms with E-state index in [2.05, 4.69) is 32.2 Å². The highest BCUT2D eigenvalue weighted by Crippen LogP contribution is 2.14. The third-order valence-corrected chi connectivity index (χ3v) is 3.43. The van der Waals surface area contributed by atoms with Gasteiger partial charge in [-0.15, -0.1) is 0 Å². The van der Waals surface area contributed by atoms with Crippen molar-refractivity contribution >= 4 is 26.0 Å². The quantitative estimate of drug-likeness (QED) is 0.859. The molecule has 0 spiro atoms. The first kappa shape index (κ1) is 12.4. The minimum Gasteiger partial charge on any atom is -0.249 e. The highest BCUT2D eigenvalue weighted by atomic mass is 79.9. The van der Waals surface area contributed by atoms with E-state index < -0.39 is 10.0 Å². The minimum atomic E-state index is -3.38. The van der Waals surface area contributed by atoms with Crippen LogP contribution in [0.1, 0.15) is 11.1 Å². The zero-order chi connectivity index (χ0) is 11.5. The molecule has 82 valence electrons. The Bertz CT molecular complexity index is 471. The van der Waals surface area contributed by atoms with Crippen molar-refractivity contribution < 1.29 is 8.42 Å². The number of hydrogen-bond donors (Lipinski definition) is 1. The molecule has 0 amide bonds. The van der Waals surface area contributed by atoms with Gasteiger partial charge < -0.3 is 0 Å². The molecular weight excluding hydrogens is 280 g/mol. The molecule has 15 heavy (non-hydrogen) atoms. The summed E-state index contributed by atoms with van der Waals surface area (Å²) in [5.41, 5.74) is 1.77. The van der Waals surface area contributed by atoms with Gasteiger partial charge in [0, 0.05) is 23.7 Å². The van der Waals surface area contributed by atoms with E-state index in [1.165, 1.54) is 0 Å². The fourth-order valence-corrected chi connectivity index (χ4v) is 1.81. The third kappa shape index (κ3) is 3.73. The number of aryl methyl sites for hydroxylation is 1. The second-order valence-electron chi connectivity index (χ2n) is 3.00. The van der Waals surface area contributed by atoms with Crippen LogP contribution in [0.15, 0.2) is 28.9 Å². The predicted octanol–water partition coefficient (Wildman–Crippen LogP) is 1.72. The van der Waals surface area contributed by atoms with Crippen LogP contribution in [0, 0.1) is 6.92 Å². The smallest absolute Gasteiger partial charge is 0.233 e. The lowest BCUT2D eigenvalue weighted by molar-refractivity contribution is 0.590. The van der Waals surface area contributed by atoms with Crippen LogP contribution in [-0.4, -0.2) is 13.4 Å². The van der Waals surface area contributed by atoms with Crippen molar-refractivity contribution in [2.45, 2.75) is 13.5 Å². The van der Waals surface area contributed by atoms with Crippen LogP contribution in [0.3, 0.4) is 0 Å². The second-order valence-corrected chi connectivity index (χ2v) is 5.46. The largest absolute Gasteiger partial charge is 0.249 e. The molecule has 0 radical (unpaired) electrons. The molecule has 0 bridgehead atoms. The van der Waals surface area contributed by atoms with Crippen molar-refractivity contribution in [3.8, 4) is 0 Å². The zero-order valence-electron chi connectivity index (χ0n) is 8.20. The first-order chi connectivity index (χ1) is 6.94. The maximum absolute atomic E-state index is 11.1. The fourth-order valence-electron chi connectivity index (χ4n) is 0.974. The molecule has 0 saturated carbocycles. The van der Waals surface area contributed by atoms with Crippen LogP contribution in [0.4, 0.5) is 0 Å². The number of halogens is 1. The summed E-state index contributed by atoms with van der Waals surface area (Å²) in [6, 6.07) is 1.86. The van der Waals surface area contributed by atoms with Crippen LogP contribution < -0.4 is 4.72 Å². The van der Waals surface area contributed by atoms with Gasteiger partial charge in [-0.25, -0.2) is 18.1 Å². The average Bonchev–Trinajstić information content (AvgIpc) is 2.20. The number of pyridine rings is 1. The summed E-state index contributed by atoms with van der Waals surface area (Å²) < 4.78 is 25.2. The van der Waals surface area contributed by atoms with E-state index in [1.807, 2.05) is 13.0 Å². The van der Waals surface area contributed by atoms with E-state index in [1.54, 1.807) is 6.20 Å². The van der Waals surface area contributed by atoms with Crippen LogP contribution in [-0.2, 0) is 16.6 Å². The minimum absolute atomic E-state index is 0.198. The van der Waals surface area contributed by atoms with Crippen molar-refractivity contribution in [2.75, 3.05) is 0 Å². The molecule has 4 nitrogen and oxygen atoms in total. The van der Waals surface area contributed by atoms with E-state index in [9.17, 15) is 8.42 Å². The fraction of sp³-hybridized carbons (Fsp3) is 0.222. The van der Waals surface area contributed by atoms with Crippen LogP contribution in [0.5, 0.6) is 0 Å². The van der Waals surface area contributed by atoms with Gasteiger partial charge in [0.05, 0.1) is 0 Å². The van der Waals surface area contributed by atoms with Crippen molar-refractivity contribution in [3.05, 3.63) is 40.0 Å². The first-order valence-corrected chi connectivity index (χ1v) is 6.51. The third-order valence-electron chi connectivity index (χ3n) is 1.73. The number of hydrogen-bond acceptors (Lipinski definition) is 3. The molecule has 0 fully saturated rings. The highest BCUT2D eigenvalue weighted by Gasteiger charge is 2.06. The molecular formula is C9H11BrN2O2S. The zero-order valence-corrected chi connectivity index (χ0v) is 10.6. The normalized spacial score (nSPS) is 11.3. The molecule has 0 saturated heterocycles. The van der Waals surface area contributed by atoms with Gasteiger partial charge in [-0.1, -0.05) is 12.6 Å². The number of nitrogens with one attached hydrogen (secondary N) is 1. The summed E-state index contributed by atoms with van der Waals surface area (Å²) in [5.74, 6) is 0. The Labute approximate surface area is 97.6 Å². The molecule has 0 aromatic carbocycles. The SMILES string of the molecule is C=CS(=O)(=O)NCc1cc(C)cnc1Br. The van der Waals surface area contributed by atoms with Gasteiger partial charge in [0.25, 0.3) is 0 Å². The lowest BCUT2D eigenvalue weighted by Crippen LogP contribution is -2.20. The Morgan fingerprint density at radius 3 is 2.93 bits per heavy atom. The number of nitrogens with zero attached hydrogens (tertiary/aromatic N) is 1. The summed E-state index contributed by atoms with van der Waals surface area (Å²) in [5, 5.41) is 0.879. The molecule has 0 unspecified atom stereocenters. The molecule has 6 heteroatoms. The molecule has 1 rings (SSSR count). The van der Waals surface area contributed by atoms with Crippen molar-refractivity contribution in [2.24, 2.45) is 0 Å². The van der Waals surface area contributed by atoms with Gasteiger partial charge in [-0.3, -0.25) is 0 Å². The summed E-state index contributed by atoms with van der Waals surface area (Å²) in [6.07, 6.45) is 1.70. The van der Waals surface area contributed by atoms with Crippen molar-refractivity contribution in [1.29, 1.82) is 0 Å². The monoisotopic (exact) mass is 290 g/mol. The number of sulfonamides is 1. The van der Waals surface area contributed by atoms with Gasteiger partial charge in [-0.05, 0) is 28.4 Å². The Morgan fingerprint density at radius 2 is 2.33 bits per heavy atom. The number of aromatic nitrogens is 1. The summed E-state index contributed by atoms with van der Waals surface area (Å²) in [7, 11) is -3.38. The van der Waals surface area contributed by atoms with Gasteiger partial charge in [0.2, 0.25) is 10.0 Å². The Kier molecular flexibility index (Phi) is 4.01. The van der Waals surface area contributed by atoms with Crippen LogP contribution >= 0.6 is 15.9 Å². The Balaban J connectivity index is 2.82. The molecule has 0 aliphatic heterocycles. The maximum atomic E-state index is 11.1. The molecule has 1 aromatic rings. The van der Waals surface area contributed by atoms with Crippen molar-refractivity contribution in [1.82, 2.24) is 9.71 Å². The van der Waals surface area contributed by atoms with Crippen LogP contribution in [0.25, 0.3) is 0 Å². The van der Waals surface area contributed by atoms with Crippen molar-refractivity contribution in [3.63, 3.8) is 0 Å². The van der Waals surface area contributed by atoms with Gasteiger partial charge in [0.15, 0.2) is 0 Å². The molecule has 1 heterocycles. The average molecular weight is 291 g/mol.